The number of ether oxygens (including phenoxy) is 4. The van der Waals surface area contributed by atoms with Gasteiger partial charge in [-0.25, -0.2) is 4.79 Å². The third-order valence-electron chi connectivity index (χ3n) is 7.02. The van der Waals surface area contributed by atoms with Gasteiger partial charge in [-0.1, -0.05) is 0 Å². The molecule has 1 saturated heterocycles. The average Bonchev–Trinajstić information content (AvgIpc) is 3.70. The van der Waals surface area contributed by atoms with Crippen molar-refractivity contribution >= 4 is 17.9 Å². The lowest BCUT2D eigenvalue weighted by atomic mass is 9.93. The smallest absolute Gasteiger partial charge is 0.410 e. The molecule has 1 aromatic carbocycles. The van der Waals surface area contributed by atoms with Gasteiger partial charge >= 0.3 is 6.09 Å². The third kappa shape index (κ3) is 9.01. The second-order valence-electron chi connectivity index (χ2n) is 11.9. The summed E-state index contributed by atoms with van der Waals surface area (Å²) in [5.74, 6) is 0.839. The summed E-state index contributed by atoms with van der Waals surface area (Å²) in [4.78, 5) is 43.3. The molecule has 1 N–H and O–H groups in total. The Morgan fingerprint density at radius 2 is 1.77 bits per heavy atom. The first-order chi connectivity index (χ1) is 18.9. The van der Waals surface area contributed by atoms with Crippen LogP contribution in [-0.2, 0) is 14.3 Å². The molecule has 224 valence electrons. The minimum absolute atomic E-state index is 0.0486. The minimum atomic E-state index is -0.679. The molecule has 10 nitrogen and oxygen atoms in total. The highest BCUT2D eigenvalue weighted by atomic mass is 16.6. The SMILES string of the molecule is COCCCOc1cc(C(=O)N(C(C)C)[C@@H]2CC[C@@H](CC(=O)NC3CC3)N(C(=O)OC(C)(C)C)C2)ccc1OC. The van der Waals surface area contributed by atoms with Crippen LogP contribution in [-0.4, -0.2) is 91.5 Å². The van der Waals surface area contributed by atoms with E-state index in [1.807, 2.05) is 39.5 Å². The number of benzene rings is 1. The number of hydrogen-bond donors (Lipinski definition) is 1. The second-order valence-corrected chi connectivity index (χ2v) is 11.9. The van der Waals surface area contributed by atoms with Gasteiger partial charge in [-0.3, -0.25) is 9.59 Å². The molecule has 10 heteroatoms. The first kappa shape index (κ1) is 31.5. The molecule has 1 heterocycles. The van der Waals surface area contributed by atoms with Crippen LogP contribution in [0.5, 0.6) is 11.5 Å². The molecule has 0 spiro atoms. The van der Waals surface area contributed by atoms with Gasteiger partial charge in [0.2, 0.25) is 5.91 Å². The van der Waals surface area contributed by atoms with Gasteiger partial charge in [0, 0.05) is 56.8 Å². The Hall–Kier alpha value is -3.01. The van der Waals surface area contributed by atoms with E-state index in [1.165, 1.54) is 0 Å². The standard InChI is InChI=1S/C30H47N3O7/c1-20(2)33(28(35)21-9-14-25(38-7)26(17-21)39-16-8-15-37-6)24-13-12-23(18-27(34)31-22-10-11-22)32(19-24)29(36)40-30(3,4)5/h9,14,17,20,22-24H,8,10-13,15-16,18-19H2,1-7H3,(H,31,34)/t23-,24+/m0/s1. The zero-order chi connectivity index (χ0) is 29.4. The van der Waals surface area contributed by atoms with Gasteiger partial charge < -0.3 is 34.1 Å². The molecule has 0 unspecified atom stereocenters. The van der Waals surface area contributed by atoms with Crippen LogP contribution in [0.15, 0.2) is 18.2 Å². The molecule has 0 radical (unpaired) electrons. The van der Waals surface area contributed by atoms with Gasteiger partial charge in [0.25, 0.3) is 5.91 Å². The highest BCUT2D eigenvalue weighted by molar-refractivity contribution is 5.95. The Kier molecular flexibility index (Phi) is 11.1. The van der Waals surface area contributed by atoms with Crippen molar-refractivity contribution in [1.82, 2.24) is 15.1 Å². The highest BCUT2D eigenvalue weighted by Crippen LogP contribution is 2.32. The molecule has 1 saturated carbocycles. The number of nitrogens with one attached hydrogen (secondary N) is 1. The Morgan fingerprint density at radius 3 is 2.38 bits per heavy atom. The zero-order valence-electron chi connectivity index (χ0n) is 25.2. The van der Waals surface area contributed by atoms with Crippen molar-refractivity contribution in [3.63, 3.8) is 0 Å². The van der Waals surface area contributed by atoms with Gasteiger partial charge in [0.15, 0.2) is 11.5 Å². The van der Waals surface area contributed by atoms with Gasteiger partial charge in [-0.15, -0.1) is 0 Å². The summed E-state index contributed by atoms with van der Waals surface area (Å²) < 4.78 is 22.2. The fourth-order valence-electron chi connectivity index (χ4n) is 5.00. The van der Waals surface area contributed by atoms with Gasteiger partial charge in [-0.2, -0.15) is 0 Å². The number of likely N-dealkylation sites (tertiary alicyclic amines) is 1. The summed E-state index contributed by atoms with van der Waals surface area (Å²) >= 11 is 0. The fourth-order valence-corrected chi connectivity index (χ4v) is 5.00. The molecule has 3 amide bonds. The third-order valence-corrected chi connectivity index (χ3v) is 7.02. The lowest BCUT2D eigenvalue weighted by molar-refractivity contribution is -0.122. The van der Waals surface area contributed by atoms with E-state index in [2.05, 4.69) is 5.32 Å². The van der Waals surface area contributed by atoms with Gasteiger partial charge in [0.1, 0.15) is 5.60 Å². The number of nitrogens with zero attached hydrogens (tertiary/aromatic N) is 2. The van der Waals surface area contributed by atoms with E-state index in [0.717, 1.165) is 12.8 Å². The Labute approximate surface area is 238 Å². The van der Waals surface area contributed by atoms with E-state index < -0.39 is 11.7 Å². The normalized spacial score (nSPS) is 19.2. The second kappa shape index (κ2) is 14.1. The molecular weight excluding hydrogens is 514 g/mol. The van der Waals surface area contributed by atoms with E-state index >= 15 is 0 Å². The minimum Gasteiger partial charge on any atom is -0.493 e. The number of amides is 3. The first-order valence-corrected chi connectivity index (χ1v) is 14.3. The molecule has 0 bridgehead atoms. The predicted octanol–water partition coefficient (Wildman–Crippen LogP) is 4.40. The van der Waals surface area contributed by atoms with Crippen LogP contribution in [0.4, 0.5) is 4.79 Å². The van der Waals surface area contributed by atoms with Crippen molar-refractivity contribution in [2.24, 2.45) is 0 Å². The predicted molar refractivity (Wildman–Crippen MR) is 152 cm³/mol. The number of carbonyl (C=O) groups excluding carboxylic acids is 3. The maximum Gasteiger partial charge on any atom is 0.410 e. The summed E-state index contributed by atoms with van der Waals surface area (Å²) in [5.41, 5.74) is -0.202. The van der Waals surface area contributed by atoms with E-state index in [-0.39, 0.29) is 48.9 Å². The Balaban J connectivity index is 1.80. The van der Waals surface area contributed by atoms with Crippen molar-refractivity contribution in [2.45, 2.75) is 103 Å². The van der Waals surface area contributed by atoms with Gasteiger partial charge in [0.05, 0.1) is 19.8 Å². The number of carbonyl (C=O) groups is 3. The molecule has 2 aliphatic rings. The highest BCUT2D eigenvalue weighted by Gasteiger charge is 2.40. The van der Waals surface area contributed by atoms with Crippen molar-refractivity contribution < 1.29 is 33.3 Å². The lowest BCUT2D eigenvalue weighted by Gasteiger charge is -2.45. The molecule has 0 aromatic heterocycles. The zero-order valence-corrected chi connectivity index (χ0v) is 25.2. The topological polar surface area (TPSA) is 107 Å². The van der Waals surface area contributed by atoms with Crippen LogP contribution in [0, 0.1) is 0 Å². The average molecular weight is 562 g/mol. The molecule has 1 aliphatic carbocycles. The number of piperidine rings is 1. The monoisotopic (exact) mass is 561 g/mol. The van der Waals surface area contributed by atoms with Crippen LogP contribution in [0.3, 0.4) is 0 Å². The maximum absolute atomic E-state index is 13.9. The van der Waals surface area contributed by atoms with Crippen LogP contribution in [0.25, 0.3) is 0 Å². The lowest BCUT2D eigenvalue weighted by Crippen LogP contribution is -2.58. The summed E-state index contributed by atoms with van der Waals surface area (Å²) in [5, 5.41) is 3.03. The Morgan fingerprint density at radius 1 is 1.05 bits per heavy atom. The molecule has 2 fully saturated rings. The molecule has 2 atom stereocenters. The van der Waals surface area contributed by atoms with E-state index in [4.69, 9.17) is 18.9 Å². The summed E-state index contributed by atoms with van der Waals surface area (Å²) in [6.45, 7) is 10.7. The van der Waals surface area contributed by atoms with Crippen LogP contribution in [0.1, 0.15) is 83.5 Å². The first-order valence-electron chi connectivity index (χ1n) is 14.3. The summed E-state index contributed by atoms with van der Waals surface area (Å²) in [6, 6.07) is 4.78. The van der Waals surface area contributed by atoms with Crippen molar-refractivity contribution in [2.75, 3.05) is 34.0 Å². The van der Waals surface area contributed by atoms with Crippen molar-refractivity contribution in [3.05, 3.63) is 23.8 Å². The quantitative estimate of drug-likeness (QED) is 0.377. The number of hydrogen-bond acceptors (Lipinski definition) is 7. The van der Waals surface area contributed by atoms with E-state index in [9.17, 15) is 14.4 Å². The van der Waals surface area contributed by atoms with Crippen molar-refractivity contribution in [1.29, 1.82) is 0 Å². The molecular formula is C30H47N3O7. The number of methoxy groups -OCH3 is 2. The summed E-state index contributed by atoms with van der Waals surface area (Å²) in [7, 11) is 3.20. The Bertz CT molecular complexity index is 1020. The van der Waals surface area contributed by atoms with Gasteiger partial charge in [-0.05, 0) is 78.5 Å². The molecule has 1 aliphatic heterocycles. The van der Waals surface area contributed by atoms with E-state index in [1.54, 1.807) is 37.3 Å². The molecule has 3 rings (SSSR count). The molecule has 1 aromatic rings. The largest absolute Gasteiger partial charge is 0.493 e. The van der Waals surface area contributed by atoms with E-state index in [0.29, 0.717) is 49.5 Å². The maximum atomic E-state index is 13.9. The fraction of sp³-hybridized carbons (Fsp3) is 0.700. The van der Waals surface area contributed by atoms with Crippen LogP contribution >= 0.6 is 0 Å². The van der Waals surface area contributed by atoms with Crippen LogP contribution in [0.2, 0.25) is 0 Å². The number of rotatable bonds is 12. The van der Waals surface area contributed by atoms with Crippen molar-refractivity contribution in [3.8, 4) is 11.5 Å². The van der Waals surface area contributed by atoms with Crippen LogP contribution < -0.4 is 14.8 Å². The summed E-state index contributed by atoms with van der Waals surface area (Å²) in [6.07, 6.45) is 3.74. The molecule has 40 heavy (non-hydrogen) atoms.